The Balaban J connectivity index is 3.11. The fourth-order valence-corrected chi connectivity index (χ4v) is 0.641. The molecule has 1 aromatic heterocycles. The van der Waals surface area contributed by atoms with E-state index >= 15 is 0 Å². The van der Waals surface area contributed by atoms with Crippen molar-refractivity contribution < 1.29 is 13.6 Å². The van der Waals surface area contributed by atoms with E-state index in [9.17, 15) is 13.6 Å². The van der Waals surface area contributed by atoms with E-state index in [1.165, 1.54) is 13.3 Å². The van der Waals surface area contributed by atoms with Crippen molar-refractivity contribution in [3.05, 3.63) is 11.4 Å². The van der Waals surface area contributed by atoms with Crippen LogP contribution < -0.4 is 0 Å². The molecule has 0 N–H and O–H groups in total. The quantitative estimate of drug-likeness (QED) is 0.621. The summed E-state index contributed by atoms with van der Waals surface area (Å²) < 4.78 is 23.9. The standard InChI is InChI=1S/C5H4F2N3O/c1-10-8-3(2-11)4(9-10)5(6)7/h5H,1H3. The van der Waals surface area contributed by atoms with Gasteiger partial charge < -0.3 is 0 Å². The molecule has 0 aliphatic carbocycles. The van der Waals surface area contributed by atoms with E-state index in [2.05, 4.69) is 10.2 Å². The summed E-state index contributed by atoms with van der Waals surface area (Å²) in [6.07, 6.45) is -1.50. The third kappa shape index (κ3) is 1.39. The molecule has 1 rings (SSSR count). The molecule has 0 atom stereocenters. The number of alkyl halides is 2. The molecule has 11 heavy (non-hydrogen) atoms. The van der Waals surface area contributed by atoms with Crippen LogP contribution >= 0.6 is 0 Å². The fraction of sp³-hybridized carbons (Fsp3) is 0.400. The predicted octanol–water partition coefficient (Wildman–Crippen LogP) is 0.211. The van der Waals surface area contributed by atoms with Crippen molar-refractivity contribution in [1.29, 1.82) is 0 Å². The zero-order chi connectivity index (χ0) is 8.43. The maximum absolute atomic E-state index is 11.9. The summed E-state index contributed by atoms with van der Waals surface area (Å²) in [5.74, 6) is 0. The first kappa shape index (κ1) is 7.77. The Morgan fingerprint density at radius 2 is 2.18 bits per heavy atom. The Kier molecular flexibility index (Phi) is 1.93. The van der Waals surface area contributed by atoms with E-state index in [1.807, 2.05) is 0 Å². The average molecular weight is 160 g/mol. The molecule has 0 bridgehead atoms. The normalized spacial score (nSPS) is 10.5. The van der Waals surface area contributed by atoms with Gasteiger partial charge >= 0.3 is 0 Å². The van der Waals surface area contributed by atoms with Crippen molar-refractivity contribution in [3.63, 3.8) is 0 Å². The van der Waals surface area contributed by atoms with E-state index in [0.717, 1.165) is 4.80 Å². The van der Waals surface area contributed by atoms with Crippen LogP contribution in [-0.2, 0) is 11.8 Å². The summed E-state index contributed by atoms with van der Waals surface area (Å²) in [6.45, 7) is 0. The van der Waals surface area contributed by atoms with Gasteiger partial charge in [0, 0.05) is 7.05 Å². The first-order valence-corrected chi connectivity index (χ1v) is 2.72. The van der Waals surface area contributed by atoms with Gasteiger partial charge in [0.05, 0.1) is 0 Å². The summed E-state index contributed by atoms with van der Waals surface area (Å²) in [4.78, 5) is 10.9. The Bertz CT molecular complexity index is 271. The van der Waals surface area contributed by atoms with Crippen molar-refractivity contribution in [2.45, 2.75) is 6.43 Å². The van der Waals surface area contributed by atoms with Crippen molar-refractivity contribution >= 4 is 6.29 Å². The summed E-state index contributed by atoms with van der Waals surface area (Å²) in [5.41, 5.74) is -1.05. The SMILES string of the molecule is Cn1nc([C]=O)c(C(F)F)n1. The van der Waals surface area contributed by atoms with Gasteiger partial charge in [-0.05, 0) is 0 Å². The highest BCUT2D eigenvalue weighted by Crippen LogP contribution is 2.17. The van der Waals surface area contributed by atoms with Crippen molar-refractivity contribution in [2.75, 3.05) is 0 Å². The Morgan fingerprint density at radius 1 is 1.55 bits per heavy atom. The van der Waals surface area contributed by atoms with Gasteiger partial charge in [0.2, 0.25) is 0 Å². The van der Waals surface area contributed by atoms with Gasteiger partial charge in [-0.2, -0.15) is 9.90 Å². The van der Waals surface area contributed by atoms with Crippen molar-refractivity contribution in [3.8, 4) is 0 Å². The fourth-order valence-electron chi connectivity index (χ4n) is 0.641. The lowest BCUT2D eigenvalue weighted by molar-refractivity contribution is 0.145. The van der Waals surface area contributed by atoms with E-state index in [4.69, 9.17) is 0 Å². The molecule has 0 spiro atoms. The molecule has 0 aromatic carbocycles. The number of halogens is 2. The van der Waals surface area contributed by atoms with Crippen molar-refractivity contribution in [2.24, 2.45) is 7.05 Å². The molecule has 0 unspecified atom stereocenters. The van der Waals surface area contributed by atoms with Gasteiger partial charge in [-0.15, -0.1) is 5.10 Å². The topological polar surface area (TPSA) is 47.8 Å². The van der Waals surface area contributed by atoms with Crippen LogP contribution in [0, 0.1) is 0 Å². The summed E-state index contributed by atoms with van der Waals surface area (Å²) in [6, 6.07) is 0. The Hall–Kier alpha value is -1.33. The molecule has 0 aliphatic heterocycles. The van der Waals surface area contributed by atoms with Gasteiger partial charge in [0.1, 0.15) is 0 Å². The van der Waals surface area contributed by atoms with Crippen LogP contribution in [0.3, 0.4) is 0 Å². The summed E-state index contributed by atoms with van der Waals surface area (Å²) >= 11 is 0. The molecule has 0 fully saturated rings. The number of rotatable bonds is 2. The summed E-state index contributed by atoms with van der Waals surface area (Å²) in [5, 5.41) is 6.63. The number of hydrogen-bond acceptors (Lipinski definition) is 3. The second-order valence-electron chi connectivity index (χ2n) is 1.83. The molecular formula is C5H4F2N3O. The molecule has 59 valence electrons. The zero-order valence-electron chi connectivity index (χ0n) is 5.58. The lowest BCUT2D eigenvalue weighted by atomic mass is 10.3. The smallest absolute Gasteiger partial charge is 0.283 e. The second-order valence-corrected chi connectivity index (χ2v) is 1.83. The van der Waals surface area contributed by atoms with Gasteiger partial charge in [0.25, 0.3) is 12.7 Å². The lowest BCUT2D eigenvalue weighted by Crippen LogP contribution is -1.93. The van der Waals surface area contributed by atoms with Crippen LogP contribution in [-0.4, -0.2) is 21.3 Å². The van der Waals surface area contributed by atoms with Gasteiger partial charge in [0.15, 0.2) is 11.4 Å². The number of nitrogens with zero attached hydrogens (tertiary/aromatic N) is 3. The molecule has 1 radical (unpaired) electrons. The molecule has 4 nitrogen and oxygen atoms in total. The molecule has 0 amide bonds. The Morgan fingerprint density at radius 3 is 2.55 bits per heavy atom. The van der Waals surface area contributed by atoms with E-state index in [1.54, 1.807) is 0 Å². The molecule has 0 saturated carbocycles. The monoisotopic (exact) mass is 160 g/mol. The average Bonchev–Trinajstić information content (AvgIpc) is 2.30. The third-order valence-corrected chi connectivity index (χ3v) is 1.04. The van der Waals surface area contributed by atoms with Crippen LogP contribution in [0.15, 0.2) is 0 Å². The molecule has 0 aliphatic rings. The maximum Gasteiger partial charge on any atom is 0.284 e. The first-order chi connectivity index (χ1) is 5.15. The lowest BCUT2D eigenvalue weighted by Gasteiger charge is -1.88. The molecule has 6 heteroatoms. The van der Waals surface area contributed by atoms with Crippen molar-refractivity contribution in [1.82, 2.24) is 15.0 Å². The second kappa shape index (κ2) is 2.73. The maximum atomic E-state index is 11.9. The van der Waals surface area contributed by atoms with Gasteiger partial charge in [-0.1, -0.05) is 0 Å². The predicted molar refractivity (Wildman–Crippen MR) is 30.8 cm³/mol. The largest absolute Gasteiger partial charge is 0.284 e. The van der Waals surface area contributed by atoms with Crippen LogP contribution in [0.4, 0.5) is 8.78 Å². The highest BCUT2D eigenvalue weighted by Gasteiger charge is 2.18. The van der Waals surface area contributed by atoms with Gasteiger partial charge in [-0.25, -0.2) is 8.78 Å². The van der Waals surface area contributed by atoms with Crippen LogP contribution in [0.5, 0.6) is 0 Å². The number of carbonyl (C=O) groups excluding carboxylic acids is 1. The summed E-state index contributed by atoms with van der Waals surface area (Å²) in [7, 11) is 1.35. The Labute approximate surface area is 60.8 Å². The minimum atomic E-state index is -2.78. The number of aromatic nitrogens is 3. The molecular weight excluding hydrogens is 156 g/mol. The highest BCUT2D eigenvalue weighted by molar-refractivity contribution is 5.73. The van der Waals surface area contributed by atoms with Crippen LogP contribution in [0.25, 0.3) is 0 Å². The first-order valence-electron chi connectivity index (χ1n) is 2.72. The highest BCUT2D eigenvalue weighted by atomic mass is 19.3. The molecule has 1 aromatic rings. The third-order valence-electron chi connectivity index (χ3n) is 1.04. The van der Waals surface area contributed by atoms with E-state index in [0.29, 0.717) is 0 Å². The number of aryl methyl sites for hydroxylation is 1. The van der Waals surface area contributed by atoms with Gasteiger partial charge in [-0.3, -0.25) is 4.79 Å². The van der Waals surface area contributed by atoms with Crippen LogP contribution in [0.2, 0.25) is 0 Å². The molecule has 1 heterocycles. The number of hydrogen-bond donors (Lipinski definition) is 0. The zero-order valence-corrected chi connectivity index (χ0v) is 5.58. The minimum absolute atomic E-state index is 0.428. The van der Waals surface area contributed by atoms with Crippen LogP contribution in [0.1, 0.15) is 17.8 Å². The van der Waals surface area contributed by atoms with E-state index < -0.39 is 17.8 Å². The minimum Gasteiger partial charge on any atom is -0.283 e. The van der Waals surface area contributed by atoms with E-state index in [-0.39, 0.29) is 0 Å². The molecule has 0 saturated heterocycles.